The van der Waals surface area contributed by atoms with E-state index in [-0.39, 0.29) is 0 Å². The van der Waals surface area contributed by atoms with Gasteiger partial charge in [-0.1, -0.05) is 30.3 Å². The molecule has 2 aromatic carbocycles. The zero-order chi connectivity index (χ0) is 20.2. The molecular formula is C26H30O4. The summed E-state index contributed by atoms with van der Waals surface area (Å²) in [6.07, 6.45) is 8.63. The molecule has 0 saturated carbocycles. The van der Waals surface area contributed by atoms with Gasteiger partial charge in [0, 0.05) is 12.8 Å². The maximum atomic E-state index is 5.81. The van der Waals surface area contributed by atoms with Crippen molar-refractivity contribution in [3.05, 3.63) is 65.7 Å². The van der Waals surface area contributed by atoms with Crippen molar-refractivity contribution in [2.24, 2.45) is 0 Å². The maximum Gasteiger partial charge on any atom is 0.119 e. The Balaban J connectivity index is 1.11. The monoisotopic (exact) mass is 406 g/mol. The highest BCUT2D eigenvalue weighted by molar-refractivity contribution is 5.67. The lowest BCUT2D eigenvalue weighted by Crippen LogP contribution is -2.05. The molecule has 0 amide bonds. The number of hydrogen-bond donors (Lipinski definition) is 0. The smallest absolute Gasteiger partial charge is 0.119 e. The van der Waals surface area contributed by atoms with Gasteiger partial charge in [0.15, 0.2) is 0 Å². The third kappa shape index (κ3) is 5.44. The standard InChI is InChI=1S/C26H30O4/c1-2-20(22-7-11-24(12-8-22)28-16-14-26-18-30-26)4-3-19(1)21-5-9-23(10-6-21)27-15-13-25-17-29-25/h1,5-12,20,25-26H,2-4,13-18H2. The average Bonchev–Trinajstić information content (AvgIpc) is 3.71. The van der Waals surface area contributed by atoms with Crippen molar-refractivity contribution in [3.63, 3.8) is 0 Å². The molecule has 3 atom stereocenters. The van der Waals surface area contributed by atoms with Crippen LogP contribution < -0.4 is 9.47 Å². The van der Waals surface area contributed by atoms with Crippen LogP contribution in [0.3, 0.4) is 0 Å². The van der Waals surface area contributed by atoms with Crippen LogP contribution in [0.1, 0.15) is 49.1 Å². The number of rotatable bonds is 10. The van der Waals surface area contributed by atoms with Crippen LogP contribution in [0.2, 0.25) is 0 Å². The van der Waals surface area contributed by atoms with Crippen LogP contribution in [0.5, 0.6) is 11.5 Å². The Labute approximate surface area is 178 Å². The predicted octanol–water partition coefficient (Wildman–Crippen LogP) is 5.37. The van der Waals surface area contributed by atoms with Crippen LogP contribution in [0.4, 0.5) is 0 Å². The Bertz CT molecular complexity index is 848. The number of epoxide rings is 2. The van der Waals surface area contributed by atoms with E-state index in [1.807, 2.05) is 0 Å². The van der Waals surface area contributed by atoms with Crippen LogP contribution >= 0.6 is 0 Å². The van der Waals surface area contributed by atoms with Crippen molar-refractivity contribution >= 4 is 5.57 Å². The van der Waals surface area contributed by atoms with Crippen LogP contribution in [0.25, 0.3) is 5.57 Å². The molecule has 4 nitrogen and oxygen atoms in total. The minimum absolute atomic E-state index is 0.427. The van der Waals surface area contributed by atoms with Gasteiger partial charge in [0.2, 0.25) is 0 Å². The van der Waals surface area contributed by atoms with Gasteiger partial charge < -0.3 is 18.9 Å². The lowest BCUT2D eigenvalue weighted by atomic mass is 9.83. The van der Waals surface area contributed by atoms with E-state index in [0.717, 1.165) is 63.6 Å². The Kier molecular flexibility index (Phi) is 6.05. The molecule has 0 spiro atoms. The molecule has 0 aromatic heterocycles. The van der Waals surface area contributed by atoms with Gasteiger partial charge in [0.1, 0.15) is 11.5 Å². The van der Waals surface area contributed by atoms with E-state index in [1.54, 1.807) is 0 Å². The SMILES string of the molecule is C1=C(c2ccc(OCCC3CO3)cc2)CCC(c2ccc(OCCC3CO3)cc2)C1. The highest BCUT2D eigenvalue weighted by Crippen LogP contribution is 2.36. The summed E-state index contributed by atoms with van der Waals surface area (Å²) >= 11 is 0. The van der Waals surface area contributed by atoms with Gasteiger partial charge in [-0.2, -0.15) is 0 Å². The highest BCUT2D eigenvalue weighted by Gasteiger charge is 2.22. The van der Waals surface area contributed by atoms with Crippen LogP contribution in [-0.4, -0.2) is 38.6 Å². The van der Waals surface area contributed by atoms with E-state index in [0.29, 0.717) is 18.1 Å². The second-order valence-corrected chi connectivity index (χ2v) is 8.48. The minimum Gasteiger partial charge on any atom is -0.493 e. The molecule has 2 saturated heterocycles. The molecule has 3 unspecified atom stereocenters. The fraction of sp³-hybridized carbons (Fsp3) is 0.462. The zero-order valence-corrected chi connectivity index (χ0v) is 17.4. The molecule has 0 bridgehead atoms. The summed E-state index contributed by atoms with van der Waals surface area (Å²) in [6.45, 7) is 3.25. The molecular weight excluding hydrogens is 376 g/mol. The summed E-state index contributed by atoms with van der Waals surface area (Å²) in [5.41, 5.74) is 4.17. The van der Waals surface area contributed by atoms with E-state index in [4.69, 9.17) is 18.9 Å². The van der Waals surface area contributed by atoms with Crippen LogP contribution in [0.15, 0.2) is 54.6 Å². The molecule has 0 N–H and O–H groups in total. The summed E-state index contributed by atoms with van der Waals surface area (Å²) in [5.74, 6) is 2.49. The van der Waals surface area contributed by atoms with Gasteiger partial charge in [-0.3, -0.25) is 0 Å². The minimum atomic E-state index is 0.427. The van der Waals surface area contributed by atoms with Crippen molar-refractivity contribution in [2.75, 3.05) is 26.4 Å². The Hall–Kier alpha value is -2.30. The summed E-state index contributed by atoms with van der Waals surface area (Å²) in [5, 5.41) is 0. The first-order valence-electron chi connectivity index (χ1n) is 11.2. The molecule has 2 aromatic rings. The topological polar surface area (TPSA) is 43.5 Å². The molecule has 4 heteroatoms. The third-order valence-electron chi connectivity index (χ3n) is 6.21. The Morgan fingerprint density at radius 1 is 0.767 bits per heavy atom. The van der Waals surface area contributed by atoms with Gasteiger partial charge >= 0.3 is 0 Å². The summed E-state index contributed by atoms with van der Waals surface area (Å²) in [6, 6.07) is 17.2. The highest BCUT2D eigenvalue weighted by atomic mass is 16.6. The number of benzene rings is 2. The van der Waals surface area contributed by atoms with Crippen LogP contribution in [-0.2, 0) is 9.47 Å². The molecule has 2 fully saturated rings. The lowest BCUT2D eigenvalue weighted by molar-refractivity contribution is 0.282. The van der Waals surface area contributed by atoms with E-state index >= 15 is 0 Å². The van der Waals surface area contributed by atoms with E-state index in [2.05, 4.69) is 54.6 Å². The van der Waals surface area contributed by atoms with Gasteiger partial charge in [0.25, 0.3) is 0 Å². The van der Waals surface area contributed by atoms with Gasteiger partial charge in [-0.15, -0.1) is 0 Å². The second kappa shape index (κ2) is 9.23. The van der Waals surface area contributed by atoms with Gasteiger partial charge in [0.05, 0.1) is 38.6 Å². The number of allylic oxidation sites excluding steroid dienone is 2. The molecule has 3 aliphatic rings. The lowest BCUT2D eigenvalue weighted by Gasteiger charge is -2.23. The molecule has 1 aliphatic carbocycles. The number of ether oxygens (including phenoxy) is 4. The first kappa shape index (κ1) is 19.7. The van der Waals surface area contributed by atoms with E-state index in [9.17, 15) is 0 Å². The molecule has 0 radical (unpaired) electrons. The zero-order valence-electron chi connectivity index (χ0n) is 17.4. The Morgan fingerprint density at radius 2 is 1.33 bits per heavy atom. The molecule has 5 rings (SSSR count). The molecule has 158 valence electrons. The second-order valence-electron chi connectivity index (χ2n) is 8.48. The van der Waals surface area contributed by atoms with E-state index in [1.165, 1.54) is 23.1 Å². The van der Waals surface area contributed by atoms with Crippen LogP contribution in [0, 0.1) is 0 Å². The van der Waals surface area contributed by atoms with Crippen molar-refractivity contribution < 1.29 is 18.9 Å². The Morgan fingerprint density at radius 3 is 1.83 bits per heavy atom. The first-order chi connectivity index (χ1) is 14.8. The summed E-state index contributed by atoms with van der Waals surface area (Å²) in [7, 11) is 0. The first-order valence-corrected chi connectivity index (χ1v) is 11.2. The maximum absolute atomic E-state index is 5.81. The largest absolute Gasteiger partial charge is 0.493 e. The van der Waals surface area contributed by atoms with E-state index < -0.39 is 0 Å². The van der Waals surface area contributed by atoms with Crippen molar-refractivity contribution in [1.29, 1.82) is 0 Å². The third-order valence-corrected chi connectivity index (χ3v) is 6.21. The van der Waals surface area contributed by atoms with Gasteiger partial charge in [-0.25, -0.2) is 0 Å². The van der Waals surface area contributed by atoms with Crippen molar-refractivity contribution in [1.82, 2.24) is 0 Å². The predicted molar refractivity (Wildman–Crippen MR) is 117 cm³/mol. The summed E-state index contributed by atoms with van der Waals surface area (Å²) in [4.78, 5) is 0. The molecule has 30 heavy (non-hydrogen) atoms. The fourth-order valence-corrected chi connectivity index (χ4v) is 4.09. The van der Waals surface area contributed by atoms with Gasteiger partial charge in [-0.05, 0) is 66.1 Å². The summed E-state index contributed by atoms with van der Waals surface area (Å²) < 4.78 is 22.1. The molecule has 2 heterocycles. The number of hydrogen-bond acceptors (Lipinski definition) is 4. The average molecular weight is 407 g/mol. The fourth-order valence-electron chi connectivity index (χ4n) is 4.09. The normalized spacial score (nSPS) is 24.8. The quantitative estimate of drug-likeness (QED) is 0.497. The van der Waals surface area contributed by atoms with Crippen molar-refractivity contribution in [3.8, 4) is 11.5 Å². The molecule has 2 aliphatic heterocycles. The van der Waals surface area contributed by atoms with Crippen molar-refractivity contribution in [2.45, 2.75) is 50.2 Å².